The Bertz CT molecular complexity index is 1460. The van der Waals surface area contributed by atoms with Gasteiger partial charge in [0.1, 0.15) is 0 Å². The molecule has 0 aliphatic carbocycles. The minimum absolute atomic E-state index is 0.168. The van der Waals surface area contributed by atoms with Crippen molar-refractivity contribution in [2.24, 2.45) is 0 Å². The molecule has 8 atom stereocenters. The molecule has 8 unspecified atom stereocenters. The molecule has 0 spiro atoms. The van der Waals surface area contributed by atoms with Crippen LogP contribution in [0.4, 0.5) is 0 Å². The lowest BCUT2D eigenvalue weighted by Crippen LogP contribution is -2.57. The fourth-order valence-electron chi connectivity index (χ4n) is 5.53. The van der Waals surface area contributed by atoms with E-state index in [1.165, 1.54) is 0 Å². The second kappa shape index (κ2) is 19.5. The maximum Gasteiger partial charge on any atom is 0.356 e. The summed E-state index contributed by atoms with van der Waals surface area (Å²) in [6, 6.07) is 0. The largest absolute Gasteiger partial charge is 0.379 e. The van der Waals surface area contributed by atoms with Crippen molar-refractivity contribution in [2.75, 3.05) is 52.4 Å². The van der Waals surface area contributed by atoms with Crippen LogP contribution in [-0.4, -0.2) is 217 Å². The molecular formula is C16H44N4O28P8. The van der Waals surface area contributed by atoms with E-state index in [1.807, 2.05) is 0 Å². The van der Waals surface area contributed by atoms with Gasteiger partial charge < -0.3 is 98.7 Å². The molecule has 0 amide bonds. The maximum atomic E-state index is 12.6. The van der Waals surface area contributed by atoms with Crippen molar-refractivity contribution < 1.29 is 135 Å². The first-order valence-electron chi connectivity index (χ1n) is 14.7. The maximum absolute atomic E-state index is 12.6. The monoisotopic (exact) mass is 988 g/mol. The molecule has 1 rings (SSSR count). The van der Waals surface area contributed by atoms with Gasteiger partial charge >= 0.3 is 60.8 Å². The molecule has 0 aromatic rings. The summed E-state index contributed by atoms with van der Waals surface area (Å²) in [6.45, 7) is -10.7. The lowest BCUT2D eigenvalue weighted by Gasteiger charge is -2.43. The third kappa shape index (κ3) is 15.7. The topological polar surface area (TPSA) is 554 Å². The van der Waals surface area contributed by atoms with E-state index in [0.717, 1.165) is 0 Å². The molecule has 1 aliphatic heterocycles. The van der Waals surface area contributed by atoms with Gasteiger partial charge in [0.15, 0.2) is 46.5 Å². The Balaban J connectivity index is 4.34. The Morgan fingerprint density at radius 1 is 0.250 bits per heavy atom. The molecule has 336 valence electrons. The van der Waals surface area contributed by atoms with Gasteiger partial charge in [0, 0.05) is 52.4 Å². The molecule has 20 N–H and O–H groups in total. The van der Waals surface area contributed by atoms with E-state index in [1.54, 1.807) is 0 Å². The lowest BCUT2D eigenvalue weighted by atomic mass is 10.3. The quantitative estimate of drug-likeness (QED) is 0.0639. The molecule has 40 heteroatoms. The molecule has 0 aromatic heterocycles. The summed E-state index contributed by atoms with van der Waals surface area (Å²) < 4.78 is 98.5. The molecule has 56 heavy (non-hydrogen) atoms. The summed E-state index contributed by atoms with van der Waals surface area (Å²) in [5.41, 5.74) is 0. The highest BCUT2D eigenvalue weighted by molar-refractivity contribution is 7.58. The highest BCUT2D eigenvalue weighted by atomic mass is 31.2. The van der Waals surface area contributed by atoms with Gasteiger partial charge in [-0.25, -0.2) is 0 Å². The van der Waals surface area contributed by atoms with Gasteiger partial charge in [0.2, 0.25) is 0 Å². The first kappa shape index (κ1) is 54.9. The van der Waals surface area contributed by atoms with E-state index in [0.29, 0.717) is 0 Å². The van der Waals surface area contributed by atoms with E-state index in [9.17, 15) is 135 Å². The highest BCUT2D eigenvalue weighted by Crippen LogP contribution is 2.58. The van der Waals surface area contributed by atoms with E-state index in [4.69, 9.17) is 0 Å². The van der Waals surface area contributed by atoms with Gasteiger partial charge in [-0.05, 0) is 0 Å². The molecule has 1 aliphatic rings. The normalized spacial score (nSPS) is 23.2. The zero-order valence-corrected chi connectivity index (χ0v) is 35.0. The molecule has 0 saturated carbocycles. The van der Waals surface area contributed by atoms with Gasteiger partial charge in [-0.3, -0.25) is 56.1 Å². The molecular weight excluding hydrogens is 944 g/mol. The van der Waals surface area contributed by atoms with Gasteiger partial charge in [-0.2, -0.15) is 0 Å². The van der Waals surface area contributed by atoms with Crippen LogP contribution in [0.25, 0.3) is 0 Å². The zero-order chi connectivity index (χ0) is 44.6. The Morgan fingerprint density at radius 3 is 0.429 bits per heavy atom. The Hall–Kier alpha value is 0.880. The van der Waals surface area contributed by atoms with Gasteiger partial charge in [0.25, 0.3) is 0 Å². The summed E-state index contributed by atoms with van der Waals surface area (Å²) in [6.07, 6.45) is 0. The molecule has 1 heterocycles. The Labute approximate surface area is 314 Å². The number of rotatable bonds is 16. The highest BCUT2D eigenvalue weighted by Gasteiger charge is 2.54. The summed E-state index contributed by atoms with van der Waals surface area (Å²) in [7, 11) is -48.4. The number of hydrogen-bond acceptors (Lipinski definition) is 16. The van der Waals surface area contributed by atoms with Crippen molar-refractivity contribution in [1.29, 1.82) is 0 Å². The third-order valence-electron chi connectivity index (χ3n) is 8.02. The van der Waals surface area contributed by atoms with Crippen LogP contribution in [0.1, 0.15) is 0 Å². The minimum atomic E-state index is -6.09. The first-order chi connectivity index (χ1) is 24.6. The van der Waals surface area contributed by atoms with Crippen LogP contribution in [-0.2, 0) is 36.5 Å². The van der Waals surface area contributed by atoms with Crippen LogP contribution in [0.15, 0.2) is 0 Å². The fraction of sp³-hybridized carbons (Fsp3) is 1.00. The zero-order valence-electron chi connectivity index (χ0n) is 27.9. The Kier molecular flexibility index (Phi) is 19.1. The fourth-order valence-corrected chi connectivity index (χ4v) is 15.9. The summed E-state index contributed by atoms with van der Waals surface area (Å²) in [5, 5.41) is 41.5. The van der Waals surface area contributed by atoms with Crippen LogP contribution in [0.3, 0.4) is 0 Å². The summed E-state index contributed by atoms with van der Waals surface area (Å²) in [5.74, 6) is -26.0. The summed E-state index contributed by atoms with van der Waals surface area (Å²) in [4.78, 5) is 158. The molecule has 0 bridgehead atoms. The lowest BCUT2D eigenvalue weighted by molar-refractivity contribution is 0.0340. The second-order valence-corrected chi connectivity index (χ2v) is 25.8. The average molecular weight is 988 g/mol. The van der Waals surface area contributed by atoms with Crippen LogP contribution < -0.4 is 0 Å². The molecule has 1 fully saturated rings. The number of aliphatic hydroxyl groups is 4. The van der Waals surface area contributed by atoms with Crippen molar-refractivity contribution in [1.82, 2.24) is 19.6 Å². The number of aliphatic hydroxyl groups excluding tert-OH is 4. The predicted octanol–water partition coefficient (Wildman–Crippen LogP) is -6.79. The van der Waals surface area contributed by atoms with Crippen LogP contribution in [0, 0.1) is 0 Å². The van der Waals surface area contributed by atoms with Crippen molar-refractivity contribution in [3.63, 3.8) is 0 Å². The van der Waals surface area contributed by atoms with E-state index in [-0.39, 0.29) is 19.6 Å². The van der Waals surface area contributed by atoms with E-state index >= 15 is 0 Å². The van der Waals surface area contributed by atoms with Crippen LogP contribution in [0.2, 0.25) is 0 Å². The van der Waals surface area contributed by atoms with Gasteiger partial charge in [-0.15, -0.1) is 0 Å². The van der Waals surface area contributed by atoms with Gasteiger partial charge in [-0.1, -0.05) is 0 Å². The van der Waals surface area contributed by atoms with Crippen molar-refractivity contribution in [3.8, 4) is 0 Å². The minimum Gasteiger partial charge on any atom is -0.379 e. The predicted molar refractivity (Wildman–Crippen MR) is 182 cm³/mol. The average Bonchev–Trinajstić information content (AvgIpc) is 2.92. The van der Waals surface area contributed by atoms with E-state index < -0.39 is 160 Å². The molecule has 32 nitrogen and oxygen atoms in total. The van der Waals surface area contributed by atoms with Gasteiger partial charge in [0.05, 0.1) is 0 Å². The Morgan fingerprint density at radius 2 is 0.357 bits per heavy atom. The first-order valence-corrected chi connectivity index (χ1v) is 28.1. The second-order valence-electron chi connectivity index (χ2n) is 12.2. The van der Waals surface area contributed by atoms with Crippen LogP contribution in [0.5, 0.6) is 0 Å². The number of hydrogen-bond donors (Lipinski definition) is 20. The number of nitrogens with zero attached hydrogens (tertiary/aromatic N) is 4. The molecule has 1 saturated heterocycles. The van der Waals surface area contributed by atoms with Crippen LogP contribution >= 0.6 is 60.8 Å². The third-order valence-corrected chi connectivity index (χ3v) is 18.0. The SMILES string of the molecule is O=P(O)(O)C(O)C(N1CCN(C(C(O)P(=O)(O)O)P(=O)(O)O)CCN(C(C(O)P(=O)(O)O)P(=O)(O)O)CCN(C(C(O)P(=O)(O)O)P(=O)(O)O)CC1)P(=O)(O)O. The standard InChI is InChI=1S/C16H44N4O28P8/c21-13(53(37,38)39)9(49(25,26)27)17-1-2-18(10(50(28,29)30)14(22)54(40,41)42)5-6-20(12(52(34,35)36)16(24)56(46,47)48)8-7-19(4-3-17)11(51(31,32)33)15(23)55(43,44)45/h9-16,21-24H,1-8H2,(H2,25,26,27)(H2,28,29,30)(H2,31,32,33)(H2,34,35,36)(H2,37,38,39)(H2,40,41,42)(H2,43,44,45)(H2,46,47,48). The smallest absolute Gasteiger partial charge is 0.356 e. The molecule has 0 aromatic carbocycles. The summed E-state index contributed by atoms with van der Waals surface area (Å²) >= 11 is 0. The van der Waals surface area contributed by atoms with E-state index in [2.05, 4.69) is 0 Å². The van der Waals surface area contributed by atoms with Crippen molar-refractivity contribution >= 4 is 60.8 Å². The molecule has 0 radical (unpaired) electrons. The van der Waals surface area contributed by atoms with Crippen molar-refractivity contribution in [3.05, 3.63) is 0 Å². The van der Waals surface area contributed by atoms with Crippen molar-refractivity contribution in [2.45, 2.75) is 46.5 Å².